The van der Waals surface area contributed by atoms with Gasteiger partial charge >= 0.3 is 0 Å². The van der Waals surface area contributed by atoms with Crippen molar-refractivity contribution in [3.05, 3.63) is 40.4 Å². The summed E-state index contributed by atoms with van der Waals surface area (Å²) < 4.78 is 5.31. The first-order valence-electron chi connectivity index (χ1n) is 8.61. The molecule has 26 heavy (non-hydrogen) atoms. The first kappa shape index (κ1) is 18.5. The highest BCUT2D eigenvalue weighted by Crippen LogP contribution is 2.28. The summed E-state index contributed by atoms with van der Waals surface area (Å²) in [7, 11) is 0. The summed E-state index contributed by atoms with van der Waals surface area (Å²) in [4.78, 5) is 26.3. The molecule has 138 valence electrons. The Kier molecular flexibility index (Phi) is 5.95. The van der Waals surface area contributed by atoms with Crippen LogP contribution < -0.4 is 10.2 Å². The van der Waals surface area contributed by atoms with E-state index in [-0.39, 0.29) is 24.2 Å². The number of anilines is 1. The van der Waals surface area contributed by atoms with E-state index < -0.39 is 0 Å². The lowest BCUT2D eigenvalue weighted by Gasteiger charge is -2.13. The molecule has 1 atom stereocenters. The minimum atomic E-state index is -0.370. The molecule has 0 aliphatic carbocycles. The number of aromatic nitrogens is 2. The van der Waals surface area contributed by atoms with Gasteiger partial charge in [0.25, 0.3) is 0 Å². The zero-order valence-corrected chi connectivity index (χ0v) is 15.7. The van der Waals surface area contributed by atoms with Crippen molar-refractivity contribution in [1.29, 1.82) is 0 Å². The van der Waals surface area contributed by atoms with Crippen LogP contribution in [-0.4, -0.2) is 35.2 Å². The quantitative estimate of drug-likeness (QED) is 0.802. The highest BCUT2D eigenvalue weighted by Gasteiger charge is 2.36. The average molecular weight is 374 g/mol. The molecule has 0 saturated carbocycles. The van der Waals surface area contributed by atoms with Crippen LogP contribution in [-0.2, 0) is 27.5 Å². The van der Waals surface area contributed by atoms with E-state index >= 15 is 0 Å². The van der Waals surface area contributed by atoms with E-state index in [9.17, 15) is 9.59 Å². The van der Waals surface area contributed by atoms with Gasteiger partial charge in [-0.05, 0) is 25.0 Å². The molecule has 1 fully saturated rings. The average Bonchev–Trinajstić information content (AvgIpc) is 3.25. The van der Waals surface area contributed by atoms with Crippen LogP contribution >= 0.6 is 11.3 Å². The Morgan fingerprint density at radius 2 is 2.19 bits per heavy atom. The third kappa shape index (κ3) is 4.25. The molecule has 1 N–H and O–H groups in total. The van der Waals surface area contributed by atoms with Crippen molar-refractivity contribution >= 4 is 28.3 Å². The van der Waals surface area contributed by atoms with E-state index in [0.717, 1.165) is 16.1 Å². The van der Waals surface area contributed by atoms with Crippen LogP contribution in [0.25, 0.3) is 0 Å². The largest absolute Gasteiger partial charge is 0.374 e. The summed E-state index contributed by atoms with van der Waals surface area (Å²) in [6, 6.07) is 7.92. The molecule has 1 unspecified atom stereocenters. The van der Waals surface area contributed by atoms with E-state index in [4.69, 9.17) is 4.74 Å². The molecule has 1 aliphatic rings. The van der Waals surface area contributed by atoms with Gasteiger partial charge in [-0.3, -0.25) is 14.5 Å². The minimum Gasteiger partial charge on any atom is -0.374 e. The molecule has 0 bridgehead atoms. The van der Waals surface area contributed by atoms with Gasteiger partial charge in [0.05, 0.1) is 5.92 Å². The summed E-state index contributed by atoms with van der Waals surface area (Å²) >= 11 is 1.33. The van der Waals surface area contributed by atoms with Crippen LogP contribution in [0.4, 0.5) is 5.13 Å². The SMILES string of the molecule is CCOCc1nnc(N2CC(C(=O)NCc3ccccc3C)CC2=O)s1. The van der Waals surface area contributed by atoms with Gasteiger partial charge in [-0.2, -0.15) is 0 Å². The number of aryl methyl sites for hydroxylation is 1. The Bertz CT molecular complexity index is 792. The number of ether oxygens (including phenoxy) is 1. The fraction of sp³-hybridized carbons (Fsp3) is 0.444. The van der Waals surface area contributed by atoms with Crippen LogP contribution in [0, 0.1) is 12.8 Å². The summed E-state index contributed by atoms with van der Waals surface area (Å²) in [5.74, 6) is -0.575. The first-order chi connectivity index (χ1) is 12.6. The van der Waals surface area contributed by atoms with Crippen LogP contribution in [0.1, 0.15) is 29.5 Å². The monoisotopic (exact) mass is 374 g/mol. The summed E-state index contributed by atoms with van der Waals surface area (Å²) in [5.41, 5.74) is 2.21. The highest BCUT2D eigenvalue weighted by atomic mass is 32.1. The number of hydrogen-bond donors (Lipinski definition) is 1. The molecule has 1 aliphatic heterocycles. The van der Waals surface area contributed by atoms with Gasteiger partial charge in [0, 0.05) is 26.1 Å². The minimum absolute atomic E-state index is 0.0971. The van der Waals surface area contributed by atoms with Crippen molar-refractivity contribution in [2.24, 2.45) is 5.92 Å². The maximum atomic E-state index is 12.5. The van der Waals surface area contributed by atoms with Crippen molar-refractivity contribution < 1.29 is 14.3 Å². The van der Waals surface area contributed by atoms with E-state index in [1.165, 1.54) is 11.3 Å². The lowest BCUT2D eigenvalue weighted by molar-refractivity contribution is -0.126. The van der Waals surface area contributed by atoms with Crippen molar-refractivity contribution in [2.45, 2.75) is 33.4 Å². The third-order valence-corrected chi connectivity index (χ3v) is 5.25. The fourth-order valence-electron chi connectivity index (χ4n) is 2.80. The number of nitrogens with one attached hydrogen (secondary N) is 1. The third-order valence-electron chi connectivity index (χ3n) is 4.33. The number of rotatable bonds is 7. The second-order valence-corrected chi connectivity index (χ2v) is 7.21. The maximum Gasteiger partial charge on any atom is 0.229 e. The van der Waals surface area contributed by atoms with Crippen LogP contribution in [0.5, 0.6) is 0 Å². The van der Waals surface area contributed by atoms with Gasteiger partial charge in [-0.25, -0.2) is 0 Å². The summed E-state index contributed by atoms with van der Waals surface area (Å²) in [6.45, 7) is 5.70. The normalized spacial score (nSPS) is 16.9. The summed E-state index contributed by atoms with van der Waals surface area (Å²) in [5, 5.41) is 12.3. The number of nitrogens with zero attached hydrogens (tertiary/aromatic N) is 3. The van der Waals surface area contributed by atoms with Crippen molar-refractivity contribution in [2.75, 3.05) is 18.1 Å². The molecular weight excluding hydrogens is 352 g/mol. The second kappa shape index (κ2) is 8.37. The molecule has 0 radical (unpaired) electrons. The van der Waals surface area contributed by atoms with Gasteiger partial charge in [0.1, 0.15) is 11.6 Å². The number of amides is 2. The van der Waals surface area contributed by atoms with Crippen LogP contribution in [0.15, 0.2) is 24.3 Å². The molecule has 7 nitrogen and oxygen atoms in total. The Morgan fingerprint density at radius 1 is 1.38 bits per heavy atom. The number of benzene rings is 1. The smallest absolute Gasteiger partial charge is 0.229 e. The molecule has 8 heteroatoms. The van der Waals surface area contributed by atoms with Gasteiger partial charge in [-0.15, -0.1) is 10.2 Å². The predicted octanol–water partition coefficient (Wildman–Crippen LogP) is 2.05. The Hall–Kier alpha value is -2.32. The zero-order valence-electron chi connectivity index (χ0n) is 14.9. The Morgan fingerprint density at radius 3 is 2.96 bits per heavy atom. The van der Waals surface area contributed by atoms with Gasteiger partial charge in [0.2, 0.25) is 16.9 Å². The number of carbonyl (C=O) groups is 2. The van der Waals surface area contributed by atoms with E-state index in [1.54, 1.807) is 4.90 Å². The number of hydrogen-bond acceptors (Lipinski definition) is 6. The van der Waals surface area contributed by atoms with Gasteiger partial charge in [-0.1, -0.05) is 35.6 Å². The lowest BCUT2D eigenvalue weighted by Crippen LogP contribution is -2.32. The zero-order chi connectivity index (χ0) is 18.5. The first-order valence-corrected chi connectivity index (χ1v) is 9.42. The summed E-state index contributed by atoms with van der Waals surface area (Å²) in [6.07, 6.45) is 0.194. The van der Waals surface area contributed by atoms with Crippen molar-refractivity contribution in [3.63, 3.8) is 0 Å². The van der Waals surface area contributed by atoms with E-state index in [1.807, 2.05) is 38.1 Å². The Labute approximate surface area is 156 Å². The fourth-order valence-corrected chi connectivity index (χ4v) is 3.61. The predicted molar refractivity (Wildman–Crippen MR) is 98.7 cm³/mol. The molecule has 1 aromatic heterocycles. The number of carbonyl (C=O) groups excluding carboxylic acids is 2. The lowest BCUT2D eigenvalue weighted by atomic mass is 10.1. The molecule has 1 aromatic carbocycles. The molecule has 3 rings (SSSR count). The molecule has 2 aromatic rings. The van der Waals surface area contributed by atoms with E-state index in [2.05, 4.69) is 15.5 Å². The highest BCUT2D eigenvalue weighted by molar-refractivity contribution is 7.15. The van der Waals surface area contributed by atoms with Gasteiger partial charge in [0.15, 0.2) is 0 Å². The van der Waals surface area contributed by atoms with Crippen LogP contribution in [0.2, 0.25) is 0 Å². The molecule has 2 heterocycles. The molecular formula is C18H22N4O3S. The second-order valence-electron chi connectivity index (χ2n) is 6.17. The van der Waals surface area contributed by atoms with Crippen molar-refractivity contribution in [3.8, 4) is 0 Å². The molecule has 1 saturated heterocycles. The standard InChI is InChI=1S/C18H22N4O3S/c1-3-25-11-15-20-21-18(26-15)22-10-14(8-16(22)23)17(24)19-9-13-7-5-4-6-12(13)2/h4-7,14H,3,8-11H2,1-2H3,(H,19,24). The molecule has 2 amide bonds. The molecule has 0 spiro atoms. The van der Waals surface area contributed by atoms with Crippen molar-refractivity contribution in [1.82, 2.24) is 15.5 Å². The van der Waals surface area contributed by atoms with E-state index in [0.29, 0.717) is 31.4 Å². The maximum absolute atomic E-state index is 12.5. The van der Waals surface area contributed by atoms with Gasteiger partial charge < -0.3 is 10.1 Å². The topological polar surface area (TPSA) is 84.4 Å². The van der Waals surface area contributed by atoms with Crippen LogP contribution in [0.3, 0.4) is 0 Å². The Balaban J connectivity index is 1.57.